The lowest BCUT2D eigenvalue weighted by Gasteiger charge is -2.15. The lowest BCUT2D eigenvalue weighted by Crippen LogP contribution is -2.26. The molecular weight excluding hydrogens is 464 g/mol. The van der Waals surface area contributed by atoms with Crippen LogP contribution in [0.25, 0.3) is 5.57 Å². The van der Waals surface area contributed by atoms with Crippen molar-refractivity contribution in [1.29, 1.82) is 0 Å². The predicted octanol–water partition coefficient (Wildman–Crippen LogP) is 7.41. The van der Waals surface area contributed by atoms with E-state index in [2.05, 4.69) is 16.9 Å². The average molecular weight is 491 g/mol. The second-order valence-corrected chi connectivity index (χ2v) is 8.56. The van der Waals surface area contributed by atoms with E-state index in [4.69, 9.17) is 0 Å². The van der Waals surface area contributed by atoms with E-state index >= 15 is 0 Å². The molecule has 2 rings (SSSR count). The third kappa shape index (κ3) is 7.38. The number of amides is 1. The topological polar surface area (TPSA) is 41.5 Å². The van der Waals surface area contributed by atoms with Crippen molar-refractivity contribution < 1.29 is 22.4 Å². The fourth-order valence-electron chi connectivity index (χ4n) is 2.95. The number of carbonyl (C=O) groups is 1. The quantitative estimate of drug-likeness (QED) is 0.178. The fourth-order valence-corrected chi connectivity index (χ4v) is 3.59. The smallest absolute Gasteiger partial charge is 0.346 e. The molecule has 0 radical (unpaired) electrons. The van der Waals surface area contributed by atoms with Gasteiger partial charge in [0.15, 0.2) is 0 Å². The van der Waals surface area contributed by atoms with E-state index in [9.17, 15) is 22.4 Å². The van der Waals surface area contributed by atoms with Gasteiger partial charge in [0.05, 0.1) is 17.8 Å². The number of aliphatic imine (C=N–C) groups is 1. The Kier molecular flexibility index (Phi) is 9.32. The van der Waals surface area contributed by atoms with Gasteiger partial charge in [0, 0.05) is 4.88 Å². The average Bonchev–Trinajstić information content (AvgIpc) is 3.28. The van der Waals surface area contributed by atoms with Crippen LogP contribution in [0, 0.1) is 5.82 Å². The normalized spacial score (nSPS) is 14.1. The highest BCUT2D eigenvalue weighted by Crippen LogP contribution is 2.31. The van der Waals surface area contributed by atoms with E-state index < -0.39 is 29.2 Å². The summed E-state index contributed by atoms with van der Waals surface area (Å²) >= 11 is 1.45. The summed E-state index contributed by atoms with van der Waals surface area (Å²) in [6.07, 6.45) is -2.40. The molecule has 0 aliphatic heterocycles. The van der Waals surface area contributed by atoms with Crippen molar-refractivity contribution in [3.8, 4) is 0 Å². The van der Waals surface area contributed by atoms with Gasteiger partial charge in [0.25, 0.3) is 5.91 Å². The number of nitrogens with zero attached hydrogens (tertiary/aromatic N) is 1. The summed E-state index contributed by atoms with van der Waals surface area (Å²) in [6, 6.07) is 8.98. The molecule has 0 saturated heterocycles. The van der Waals surface area contributed by atoms with E-state index in [1.54, 1.807) is 20.8 Å². The zero-order valence-electron chi connectivity index (χ0n) is 19.4. The molecule has 1 aromatic heterocycles. The summed E-state index contributed by atoms with van der Waals surface area (Å²) < 4.78 is 55.7. The lowest BCUT2D eigenvalue weighted by atomic mass is 10.00. The fraction of sp³-hybridized carbons (Fsp3) is 0.231. The van der Waals surface area contributed by atoms with Crippen LogP contribution in [-0.2, 0) is 11.3 Å². The first kappa shape index (κ1) is 27.0. The molecule has 1 aromatic carbocycles. The Balaban J connectivity index is 2.52. The molecule has 0 atom stereocenters. The molecule has 2 aromatic rings. The van der Waals surface area contributed by atoms with Gasteiger partial charge >= 0.3 is 6.18 Å². The molecule has 0 aliphatic carbocycles. The minimum atomic E-state index is -4.76. The Bertz CT molecular complexity index is 1170. The SMILES string of the molecule is C=C(C)/C(C)=C(/N=C(C)/C(=C\C(=C/C)c1cccc(F)c1)C(F)(F)F)C(=O)NCc1cccs1. The van der Waals surface area contributed by atoms with Crippen molar-refractivity contribution >= 4 is 28.5 Å². The van der Waals surface area contributed by atoms with Gasteiger partial charge < -0.3 is 5.32 Å². The summed E-state index contributed by atoms with van der Waals surface area (Å²) in [5.74, 6) is -1.17. The number of benzene rings is 1. The molecule has 0 spiro atoms. The lowest BCUT2D eigenvalue weighted by molar-refractivity contribution is -0.117. The van der Waals surface area contributed by atoms with Crippen molar-refractivity contribution in [3.63, 3.8) is 0 Å². The number of rotatable bonds is 8. The van der Waals surface area contributed by atoms with E-state index in [-0.39, 0.29) is 17.8 Å². The first-order valence-corrected chi connectivity index (χ1v) is 11.3. The van der Waals surface area contributed by atoms with Gasteiger partial charge in [0.1, 0.15) is 11.5 Å². The molecular formula is C26H26F4N2OS. The van der Waals surface area contributed by atoms with E-state index in [0.717, 1.165) is 17.0 Å². The largest absolute Gasteiger partial charge is 0.418 e. The van der Waals surface area contributed by atoms with Crippen LogP contribution in [0.5, 0.6) is 0 Å². The van der Waals surface area contributed by atoms with Gasteiger partial charge in [-0.2, -0.15) is 13.2 Å². The van der Waals surface area contributed by atoms with Crippen LogP contribution in [-0.4, -0.2) is 17.8 Å². The Morgan fingerprint density at radius 1 is 1.18 bits per heavy atom. The first-order valence-electron chi connectivity index (χ1n) is 10.4. The van der Waals surface area contributed by atoms with Gasteiger partial charge in [-0.15, -0.1) is 11.3 Å². The molecule has 1 amide bonds. The first-order chi connectivity index (χ1) is 15.9. The van der Waals surface area contributed by atoms with Crippen LogP contribution in [0.4, 0.5) is 17.6 Å². The molecule has 8 heteroatoms. The summed E-state index contributed by atoms with van der Waals surface area (Å²) in [5, 5.41) is 4.56. The summed E-state index contributed by atoms with van der Waals surface area (Å²) in [6.45, 7) is 10.0. The summed E-state index contributed by atoms with van der Waals surface area (Å²) in [7, 11) is 0. The van der Waals surface area contributed by atoms with Crippen LogP contribution >= 0.6 is 11.3 Å². The maximum Gasteiger partial charge on any atom is 0.418 e. The maximum atomic E-state index is 14.0. The van der Waals surface area contributed by atoms with Crippen molar-refractivity contribution in [1.82, 2.24) is 5.32 Å². The number of hydrogen-bond donors (Lipinski definition) is 1. The molecule has 0 unspecified atom stereocenters. The van der Waals surface area contributed by atoms with Crippen molar-refractivity contribution in [2.24, 2.45) is 4.99 Å². The minimum absolute atomic E-state index is 0.149. The van der Waals surface area contributed by atoms with Crippen LogP contribution in [0.3, 0.4) is 0 Å². The molecule has 3 nitrogen and oxygen atoms in total. The highest BCUT2D eigenvalue weighted by atomic mass is 32.1. The molecule has 0 saturated carbocycles. The second-order valence-electron chi connectivity index (χ2n) is 7.52. The monoisotopic (exact) mass is 490 g/mol. The van der Waals surface area contributed by atoms with Gasteiger partial charge in [-0.25, -0.2) is 9.38 Å². The Hall–Kier alpha value is -3.26. The zero-order chi connectivity index (χ0) is 25.5. The van der Waals surface area contributed by atoms with Gasteiger partial charge in [0.2, 0.25) is 0 Å². The number of nitrogens with one attached hydrogen (secondary N) is 1. The predicted molar refractivity (Wildman–Crippen MR) is 131 cm³/mol. The number of allylic oxidation sites excluding steroid dienone is 6. The number of halogens is 4. The van der Waals surface area contributed by atoms with E-state index in [0.29, 0.717) is 16.7 Å². The van der Waals surface area contributed by atoms with Crippen LogP contribution in [0.15, 0.2) is 87.9 Å². The van der Waals surface area contributed by atoms with Gasteiger partial charge in [-0.3, -0.25) is 4.79 Å². The van der Waals surface area contributed by atoms with E-state index in [1.165, 1.54) is 42.5 Å². The third-order valence-corrected chi connectivity index (χ3v) is 5.83. The van der Waals surface area contributed by atoms with Crippen LogP contribution in [0.1, 0.15) is 38.1 Å². The zero-order valence-corrected chi connectivity index (χ0v) is 20.2. The highest BCUT2D eigenvalue weighted by molar-refractivity contribution is 7.09. The Morgan fingerprint density at radius 3 is 2.41 bits per heavy atom. The molecule has 34 heavy (non-hydrogen) atoms. The molecule has 1 heterocycles. The number of thiophene rings is 1. The second kappa shape index (κ2) is 11.7. The van der Waals surface area contributed by atoms with Crippen molar-refractivity contribution in [2.45, 2.75) is 40.4 Å². The molecule has 0 bridgehead atoms. The Morgan fingerprint density at radius 2 is 1.88 bits per heavy atom. The third-order valence-electron chi connectivity index (χ3n) is 4.96. The number of hydrogen-bond acceptors (Lipinski definition) is 3. The van der Waals surface area contributed by atoms with Crippen LogP contribution in [0.2, 0.25) is 0 Å². The molecule has 0 fully saturated rings. The van der Waals surface area contributed by atoms with E-state index in [1.807, 2.05) is 17.5 Å². The van der Waals surface area contributed by atoms with Gasteiger partial charge in [-0.1, -0.05) is 36.4 Å². The highest BCUT2D eigenvalue weighted by Gasteiger charge is 2.36. The Labute approximate surface area is 200 Å². The van der Waals surface area contributed by atoms with Crippen molar-refractivity contribution in [2.75, 3.05) is 0 Å². The molecule has 1 N–H and O–H groups in total. The summed E-state index contributed by atoms with van der Waals surface area (Å²) in [4.78, 5) is 17.9. The summed E-state index contributed by atoms with van der Waals surface area (Å²) in [5.41, 5.74) is -0.243. The standard InChI is InChI=1S/C26H26F4N2OS/c1-6-19(20-9-7-10-21(27)13-20)14-23(26(28,29)30)18(5)32-24(17(4)16(2)3)25(33)31-15-22-11-8-12-34-22/h6-14H,2,15H2,1,3-5H3,(H,31,33)/b19-6+,23-14+,24-17+,32-18+. The molecule has 0 aliphatic rings. The maximum absolute atomic E-state index is 14.0. The van der Waals surface area contributed by atoms with Crippen LogP contribution < -0.4 is 5.32 Å². The molecule has 180 valence electrons. The van der Waals surface area contributed by atoms with Crippen molar-refractivity contribution in [3.05, 3.63) is 99.2 Å². The number of alkyl halides is 3. The minimum Gasteiger partial charge on any atom is -0.346 e. The number of carbonyl (C=O) groups excluding carboxylic acids is 1. The van der Waals surface area contributed by atoms with Gasteiger partial charge in [-0.05, 0) is 74.1 Å².